The molecule has 0 saturated heterocycles. The molecule has 0 N–H and O–H groups in total. The van der Waals surface area contributed by atoms with Gasteiger partial charge >= 0.3 is 0 Å². The topological polar surface area (TPSA) is 41.6 Å². The molecule has 0 atom stereocenters. The first-order valence-corrected chi connectivity index (χ1v) is 3.51. The van der Waals surface area contributed by atoms with Crippen molar-refractivity contribution in [2.24, 2.45) is 7.05 Å². The lowest BCUT2D eigenvalue weighted by Gasteiger charge is -1.99. The van der Waals surface area contributed by atoms with E-state index in [1.165, 1.54) is 0 Å². The standard InChI is InChI=1S/C8H10N3/c1-6(2)7-5-10-11(3)8(7)4-9/h6H,1-3H3. The predicted molar refractivity (Wildman–Crippen MR) is 40.8 cm³/mol. The molecule has 1 heterocycles. The minimum atomic E-state index is 0.318. The molecule has 0 amide bonds. The third-order valence-electron chi connectivity index (χ3n) is 1.58. The molecular weight excluding hydrogens is 138 g/mol. The quantitative estimate of drug-likeness (QED) is 0.600. The Labute approximate surface area is 66.3 Å². The lowest BCUT2D eigenvalue weighted by Crippen LogP contribution is -1.96. The van der Waals surface area contributed by atoms with Gasteiger partial charge in [-0.25, -0.2) is 0 Å². The minimum absolute atomic E-state index is 0.318. The molecule has 0 spiro atoms. The zero-order valence-corrected chi connectivity index (χ0v) is 6.92. The van der Waals surface area contributed by atoms with Crippen molar-refractivity contribution in [3.63, 3.8) is 0 Å². The number of nitrogens with zero attached hydrogens (tertiary/aromatic N) is 3. The van der Waals surface area contributed by atoms with Crippen molar-refractivity contribution < 1.29 is 0 Å². The van der Waals surface area contributed by atoms with E-state index >= 15 is 0 Å². The van der Waals surface area contributed by atoms with Crippen LogP contribution in [0.5, 0.6) is 0 Å². The van der Waals surface area contributed by atoms with Crippen molar-refractivity contribution in [2.75, 3.05) is 0 Å². The highest BCUT2D eigenvalue weighted by molar-refractivity contribution is 5.31. The molecule has 0 fully saturated rings. The maximum atomic E-state index is 8.71. The number of hydrogen-bond donors (Lipinski definition) is 0. The van der Waals surface area contributed by atoms with Crippen LogP contribution in [0.15, 0.2) is 0 Å². The van der Waals surface area contributed by atoms with Crippen molar-refractivity contribution in [2.45, 2.75) is 19.8 Å². The van der Waals surface area contributed by atoms with Gasteiger partial charge < -0.3 is 0 Å². The fourth-order valence-electron chi connectivity index (χ4n) is 0.941. The minimum Gasteiger partial charge on any atom is -0.257 e. The van der Waals surface area contributed by atoms with Crippen LogP contribution >= 0.6 is 0 Å². The third kappa shape index (κ3) is 1.25. The summed E-state index contributed by atoms with van der Waals surface area (Å²) in [6.07, 6.45) is 2.81. The first-order chi connectivity index (χ1) is 5.16. The van der Waals surface area contributed by atoms with Crippen LogP contribution in [0, 0.1) is 17.5 Å². The number of aromatic nitrogens is 2. The lowest BCUT2D eigenvalue weighted by molar-refractivity contribution is 0.750. The largest absolute Gasteiger partial charge is 0.257 e. The highest BCUT2D eigenvalue weighted by Crippen LogP contribution is 2.16. The highest BCUT2D eigenvalue weighted by Gasteiger charge is 2.10. The van der Waals surface area contributed by atoms with Crippen molar-refractivity contribution in [3.05, 3.63) is 17.5 Å². The predicted octanol–water partition coefficient (Wildman–Crippen LogP) is 1.22. The zero-order chi connectivity index (χ0) is 8.43. The Hall–Kier alpha value is -1.30. The molecule has 1 radical (unpaired) electrons. The summed E-state index contributed by atoms with van der Waals surface area (Å²) < 4.78 is 1.55. The van der Waals surface area contributed by atoms with Crippen LogP contribution in [-0.4, -0.2) is 9.78 Å². The summed E-state index contributed by atoms with van der Waals surface area (Å²) in [4.78, 5) is 0. The lowest BCUT2D eigenvalue weighted by atomic mass is 10.1. The van der Waals surface area contributed by atoms with Crippen molar-refractivity contribution >= 4 is 0 Å². The molecule has 0 aliphatic carbocycles. The van der Waals surface area contributed by atoms with E-state index in [0.717, 1.165) is 5.56 Å². The number of aryl methyl sites for hydroxylation is 1. The monoisotopic (exact) mass is 148 g/mol. The van der Waals surface area contributed by atoms with Gasteiger partial charge in [-0.3, -0.25) is 4.68 Å². The Morgan fingerprint density at radius 3 is 2.64 bits per heavy atom. The zero-order valence-electron chi connectivity index (χ0n) is 6.92. The van der Waals surface area contributed by atoms with E-state index in [1.807, 2.05) is 13.8 Å². The molecular formula is C8H10N3. The van der Waals surface area contributed by atoms with E-state index in [-0.39, 0.29) is 0 Å². The van der Waals surface area contributed by atoms with Gasteiger partial charge in [-0.15, -0.1) is 0 Å². The molecule has 11 heavy (non-hydrogen) atoms. The Kier molecular flexibility index (Phi) is 1.95. The third-order valence-corrected chi connectivity index (χ3v) is 1.58. The van der Waals surface area contributed by atoms with E-state index in [4.69, 9.17) is 5.26 Å². The Bertz CT molecular complexity index is 291. The van der Waals surface area contributed by atoms with Gasteiger partial charge in [-0.1, -0.05) is 13.8 Å². The van der Waals surface area contributed by atoms with Crippen LogP contribution in [0.4, 0.5) is 0 Å². The maximum absolute atomic E-state index is 8.71. The summed E-state index contributed by atoms with van der Waals surface area (Å²) in [6, 6.07) is 2.09. The molecule has 3 nitrogen and oxygen atoms in total. The average Bonchev–Trinajstić information content (AvgIpc) is 2.30. The summed E-state index contributed by atoms with van der Waals surface area (Å²) in [5, 5.41) is 12.6. The van der Waals surface area contributed by atoms with E-state index in [1.54, 1.807) is 11.7 Å². The van der Waals surface area contributed by atoms with Crippen molar-refractivity contribution in [3.8, 4) is 6.07 Å². The van der Waals surface area contributed by atoms with E-state index in [9.17, 15) is 0 Å². The molecule has 0 saturated carbocycles. The average molecular weight is 148 g/mol. The normalized spacial score (nSPS) is 10.1. The molecule has 1 rings (SSSR count). The Balaban J connectivity index is 3.19. The molecule has 1 aromatic heterocycles. The highest BCUT2D eigenvalue weighted by atomic mass is 15.3. The molecule has 0 unspecified atom stereocenters. The number of hydrogen-bond acceptors (Lipinski definition) is 2. The molecule has 0 aliphatic rings. The molecule has 3 heteroatoms. The van der Waals surface area contributed by atoms with Crippen LogP contribution in [0.2, 0.25) is 0 Å². The molecule has 0 aromatic carbocycles. The van der Waals surface area contributed by atoms with Crippen LogP contribution in [0.1, 0.15) is 31.0 Å². The maximum Gasteiger partial charge on any atom is 0.142 e. The number of nitriles is 1. The first-order valence-electron chi connectivity index (χ1n) is 3.51. The first kappa shape index (κ1) is 7.80. The second kappa shape index (κ2) is 2.75. The van der Waals surface area contributed by atoms with Crippen molar-refractivity contribution in [1.29, 1.82) is 5.26 Å². The second-order valence-corrected chi connectivity index (χ2v) is 2.76. The van der Waals surface area contributed by atoms with Gasteiger partial charge in [0.1, 0.15) is 18.0 Å². The summed E-state index contributed by atoms with van der Waals surface area (Å²) in [7, 11) is 1.75. The van der Waals surface area contributed by atoms with Crippen LogP contribution in [0.25, 0.3) is 0 Å². The van der Waals surface area contributed by atoms with Crippen LogP contribution in [-0.2, 0) is 7.05 Å². The van der Waals surface area contributed by atoms with Gasteiger partial charge in [0.15, 0.2) is 0 Å². The summed E-state index contributed by atoms with van der Waals surface area (Å²) in [5.74, 6) is 0.318. The van der Waals surface area contributed by atoms with Gasteiger partial charge in [0.2, 0.25) is 0 Å². The van der Waals surface area contributed by atoms with E-state index < -0.39 is 0 Å². The molecule has 1 aromatic rings. The second-order valence-electron chi connectivity index (χ2n) is 2.76. The van der Waals surface area contributed by atoms with Gasteiger partial charge in [0.25, 0.3) is 0 Å². The molecule has 57 valence electrons. The Morgan fingerprint density at radius 1 is 1.64 bits per heavy atom. The fraction of sp³-hybridized carbons (Fsp3) is 0.500. The van der Waals surface area contributed by atoms with E-state index in [2.05, 4.69) is 17.4 Å². The van der Waals surface area contributed by atoms with Crippen LogP contribution < -0.4 is 0 Å². The van der Waals surface area contributed by atoms with Gasteiger partial charge in [0, 0.05) is 12.6 Å². The van der Waals surface area contributed by atoms with Gasteiger partial charge in [-0.05, 0) is 5.92 Å². The number of rotatable bonds is 1. The molecule has 0 bridgehead atoms. The van der Waals surface area contributed by atoms with Crippen LogP contribution in [0.3, 0.4) is 0 Å². The summed E-state index contributed by atoms with van der Waals surface area (Å²) >= 11 is 0. The van der Waals surface area contributed by atoms with Gasteiger partial charge in [-0.2, -0.15) is 10.4 Å². The fourth-order valence-corrected chi connectivity index (χ4v) is 0.941. The summed E-state index contributed by atoms with van der Waals surface area (Å²) in [6.45, 7) is 4.04. The van der Waals surface area contributed by atoms with Gasteiger partial charge in [0.05, 0.1) is 0 Å². The van der Waals surface area contributed by atoms with Crippen molar-refractivity contribution in [1.82, 2.24) is 9.78 Å². The van der Waals surface area contributed by atoms with E-state index in [0.29, 0.717) is 11.6 Å². The smallest absolute Gasteiger partial charge is 0.142 e. The molecule has 0 aliphatic heterocycles. The SMILES string of the molecule is CC(C)c1[c]nn(C)c1C#N. The Morgan fingerprint density at radius 2 is 2.27 bits per heavy atom. The summed E-state index contributed by atoms with van der Waals surface area (Å²) in [5.41, 5.74) is 1.51.